The van der Waals surface area contributed by atoms with Crippen LogP contribution in [-0.2, 0) is 25.8 Å². The van der Waals surface area contributed by atoms with E-state index >= 15 is 0 Å². The molecule has 2 rings (SSSR count). The molecule has 0 amide bonds. The molecule has 0 aliphatic rings. The quantitative estimate of drug-likeness (QED) is 0.558. The van der Waals surface area contributed by atoms with E-state index in [-0.39, 0.29) is 35.5 Å². The Balaban J connectivity index is 2.91. The molecule has 0 aliphatic carbocycles. The lowest BCUT2D eigenvalue weighted by atomic mass is 9.71. The number of hydrogen-bond donors (Lipinski definition) is 3. The number of phenolic OH excluding ortho intramolecular Hbond substituents is 2. The summed E-state index contributed by atoms with van der Waals surface area (Å²) < 4.78 is 5.44. The minimum absolute atomic E-state index is 0.110. The fourth-order valence-electron chi connectivity index (χ4n) is 3.96. The summed E-state index contributed by atoms with van der Waals surface area (Å²) in [6.45, 7) is 17.1. The summed E-state index contributed by atoms with van der Waals surface area (Å²) in [5, 5.41) is 30.7. The molecule has 2 aromatic carbocycles. The van der Waals surface area contributed by atoms with E-state index in [4.69, 9.17) is 4.74 Å². The standard InChI is InChI=1S/C27H38O5/c1-16-12-18(14-20(22(16)29)25(3,4)5)27(9,24(31)32-11-10-28)19-13-17(2)23(30)21(15-19)26(6,7)8/h12-15,28-30H,10-11H2,1-9H3. The zero-order valence-corrected chi connectivity index (χ0v) is 20.9. The number of rotatable bonds is 5. The number of aliphatic hydroxyl groups excluding tert-OH is 1. The van der Waals surface area contributed by atoms with Gasteiger partial charge in [-0.15, -0.1) is 0 Å². The van der Waals surface area contributed by atoms with Crippen molar-refractivity contribution in [1.29, 1.82) is 0 Å². The number of aromatic hydroxyl groups is 2. The molecule has 0 fully saturated rings. The lowest BCUT2D eigenvalue weighted by Crippen LogP contribution is -2.37. The highest BCUT2D eigenvalue weighted by atomic mass is 16.5. The summed E-state index contributed by atoms with van der Waals surface area (Å²) in [6.07, 6.45) is 0. The van der Waals surface area contributed by atoms with Crippen LogP contribution in [0.5, 0.6) is 11.5 Å². The number of ether oxygens (including phenoxy) is 1. The third kappa shape index (κ3) is 4.78. The number of benzene rings is 2. The fraction of sp³-hybridized carbons (Fsp3) is 0.519. The van der Waals surface area contributed by atoms with E-state index in [2.05, 4.69) is 0 Å². The van der Waals surface area contributed by atoms with Gasteiger partial charge in [-0.05, 0) is 65.0 Å². The fourth-order valence-corrected chi connectivity index (χ4v) is 3.96. The Labute approximate surface area is 192 Å². The Morgan fingerprint density at radius 3 is 1.47 bits per heavy atom. The minimum atomic E-state index is -1.22. The van der Waals surface area contributed by atoms with Crippen LogP contribution in [0.2, 0.25) is 0 Å². The highest BCUT2D eigenvalue weighted by Crippen LogP contribution is 2.43. The molecular formula is C27H38O5. The molecule has 2 aromatic rings. The van der Waals surface area contributed by atoms with Gasteiger partial charge in [-0.3, -0.25) is 4.79 Å². The summed E-state index contributed by atoms with van der Waals surface area (Å²) >= 11 is 0. The summed E-state index contributed by atoms with van der Waals surface area (Å²) in [7, 11) is 0. The van der Waals surface area contributed by atoms with E-state index in [1.807, 2.05) is 79.7 Å². The summed E-state index contributed by atoms with van der Waals surface area (Å²) in [4.78, 5) is 13.5. The number of carbonyl (C=O) groups excluding carboxylic acids is 1. The molecule has 0 saturated carbocycles. The van der Waals surface area contributed by atoms with Crippen molar-refractivity contribution in [3.8, 4) is 11.5 Å². The van der Waals surface area contributed by atoms with Gasteiger partial charge in [-0.2, -0.15) is 0 Å². The normalized spacial score (nSPS) is 12.7. The van der Waals surface area contributed by atoms with Gasteiger partial charge in [0.2, 0.25) is 0 Å². The smallest absolute Gasteiger partial charge is 0.320 e. The Morgan fingerprint density at radius 2 is 1.16 bits per heavy atom. The summed E-state index contributed by atoms with van der Waals surface area (Å²) in [6, 6.07) is 7.34. The van der Waals surface area contributed by atoms with E-state index in [1.165, 1.54) is 0 Å². The predicted molar refractivity (Wildman–Crippen MR) is 128 cm³/mol. The van der Waals surface area contributed by atoms with Crippen LogP contribution in [0.15, 0.2) is 24.3 Å². The first-order valence-corrected chi connectivity index (χ1v) is 11.0. The summed E-state index contributed by atoms with van der Waals surface area (Å²) in [5.41, 5.74) is 2.27. The average Bonchev–Trinajstić information content (AvgIpc) is 2.67. The number of phenols is 2. The van der Waals surface area contributed by atoms with E-state index < -0.39 is 11.4 Å². The summed E-state index contributed by atoms with van der Waals surface area (Å²) in [5.74, 6) is -0.0735. The van der Waals surface area contributed by atoms with Crippen LogP contribution in [0.4, 0.5) is 0 Å². The first-order chi connectivity index (χ1) is 14.5. The van der Waals surface area contributed by atoms with Gasteiger partial charge in [0.25, 0.3) is 0 Å². The molecule has 0 atom stereocenters. The van der Waals surface area contributed by atoms with Crippen LogP contribution in [0.1, 0.15) is 81.8 Å². The number of aliphatic hydroxyl groups is 1. The van der Waals surface area contributed by atoms with Crippen molar-refractivity contribution in [2.75, 3.05) is 13.2 Å². The average molecular weight is 443 g/mol. The number of aryl methyl sites for hydroxylation is 2. The van der Waals surface area contributed by atoms with E-state index in [9.17, 15) is 20.1 Å². The maximum Gasteiger partial charge on any atom is 0.320 e. The van der Waals surface area contributed by atoms with Crippen LogP contribution in [0, 0.1) is 13.8 Å². The molecule has 0 bridgehead atoms. The minimum Gasteiger partial charge on any atom is -0.507 e. The van der Waals surface area contributed by atoms with Crippen molar-refractivity contribution < 1.29 is 24.9 Å². The Morgan fingerprint density at radius 1 is 0.781 bits per heavy atom. The predicted octanol–water partition coefficient (Wildman–Crippen LogP) is 5.15. The molecule has 32 heavy (non-hydrogen) atoms. The van der Waals surface area contributed by atoms with Crippen molar-refractivity contribution in [2.45, 2.75) is 78.6 Å². The van der Waals surface area contributed by atoms with Crippen molar-refractivity contribution >= 4 is 5.97 Å². The molecule has 0 aliphatic heterocycles. The van der Waals surface area contributed by atoms with Crippen LogP contribution in [-0.4, -0.2) is 34.5 Å². The van der Waals surface area contributed by atoms with Gasteiger partial charge >= 0.3 is 5.97 Å². The van der Waals surface area contributed by atoms with Crippen molar-refractivity contribution in [3.63, 3.8) is 0 Å². The molecule has 5 heteroatoms. The molecular weight excluding hydrogens is 404 g/mol. The lowest BCUT2D eigenvalue weighted by Gasteiger charge is -2.33. The van der Waals surface area contributed by atoms with E-state index in [1.54, 1.807) is 6.92 Å². The van der Waals surface area contributed by atoms with Gasteiger partial charge in [0.05, 0.1) is 6.61 Å². The lowest BCUT2D eigenvalue weighted by molar-refractivity contribution is -0.149. The second-order valence-corrected chi connectivity index (χ2v) is 10.9. The second-order valence-electron chi connectivity index (χ2n) is 10.9. The third-order valence-electron chi connectivity index (χ3n) is 6.10. The zero-order valence-electron chi connectivity index (χ0n) is 20.9. The maximum absolute atomic E-state index is 13.5. The highest BCUT2D eigenvalue weighted by Gasteiger charge is 2.41. The van der Waals surface area contributed by atoms with Crippen LogP contribution in [0.3, 0.4) is 0 Å². The van der Waals surface area contributed by atoms with E-state index in [0.717, 1.165) is 11.1 Å². The first-order valence-electron chi connectivity index (χ1n) is 11.0. The van der Waals surface area contributed by atoms with Gasteiger partial charge < -0.3 is 20.1 Å². The molecule has 0 spiro atoms. The van der Waals surface area contributed by atoms with Gasteiger partial charge in [-0.1, -0.05) is 65.8 Å². The maximum atomic E-state index is 13.5. The number of esters is 1. The largest absolute Gasteiger partial charge is 0.507 e. The Bertz CT molecular complexity index is 937. The molecule has 3 N–H and O–H groups in total. The molecule has 0 radical (unpaired) electrons. The first kappa shape index (κ1) is 25.7. The molecule has 0 aromatic heterocycles. The third-order valence-corrected chi connectivity index (χ3v) is 6.10. The zero-order chi connectivity index (χ0) is 24.6. The number of hydrogen-bond acceptors (Lipinski definition) is 5. The molecule has 176 valence electrons. The van der Waals surface area contributed by atoms with Gasteiger partial charge in [-0.25, -0.2) is 0 Å². The van der Waals surface area contributed by atoms with E-state index in [0.29, 0.717) is 22.3 Å². The van der Waals surface area contributed by atoms with Crippen LogP contribution >= 0.6 is 0 Å². The SMILES string of the molecule is Cc1cc(C(C)(C(=O)OCCO)c2cc(C)c(O)c(C(C)(C)C)c2)cc(C(C)(C)C)c1O. The topological polar surface area (TPSA) is 87.0 Å². The van der Waals surface area contributed by atoms with Gasteiger partial charge in [0, 0.05) is 0 Å². The van der Waals surface area contributed by atoms with Gasteiger partial charge in [0.15, 0.2) is 0 Å². The molecule has 5 nitrogen and oxygen atoms in total. The second kappa shape index (κ2) is 8.78. The van der Waals surface area contributed by atoms with Crippen LogP contribution in [0.25, 0.3) is 0 Å². The highest BCUT2D eigenvalue weighted by molar-refractivity contribution is 5.88. The number of carbonyl (C=O) groups is 1. The van der Waals surface area contributed by atoms with Crippen molar-refractivity contribution in [2.24, 2.45) is 0 Å². The van der Waals surface area contributed by atoms with Crippen LogP contribution < -0.4 is 0 Å². The van der Waals surface area contributed by atoms with Crippen molar-refractivity contribution in [3.05, 3.63) is 57.6 Å². The Hall–Kier alpha value is -2.53. The van der Waals surface area contributed by atoms with Gasteiger partial charge in [0.1, 0.15) is 23.5 Å². The molecule has 0 unspecified atom stereocenters. The molecule has 0 heterocycles. The molecule has 0 saturated heterocycles. The monoisotopic (exact) mass is 442 g/mol. The van der Waals surface area contributed by atoms with Crippen molar-refractivity contribution in [1.82, 2.24) is 0 Å². The Kier molecular flexibility index (Phi) is 7.06.